The number of imidazole rings is 1. The fourth-order valence-electron chi connectivity index (χ4n) is 5.13. The maximum atomic E-state index is 13.4. The van der Waals surface area contributed by atoms with E-state index in [0.29, 0.717) is 45.0 Å². The number of amides is 1. The summed E-state index contributed by atoms with van der Waals surface area (Å²) in [6, 6.07) is 5.61. The van der Waals surface area contributed by atoms with E-state index in [-0.39, 0.29) is 23.8 Å². The van der Waals surface area contributed by atoms with Crippen molar-refractivity contribution in [2.45, 2.75) is 31.4 Å². The first-order chi connectivity index (χ1) is 13.1. The molecule has 0 radical (unpaired) electrons. The number of rotatable bonds is 1. The van der Waals surface area contributed by atoms with E-state index in [0.717, 1.165) is 23.3 Å². The highest BCUT2D eigenvalue weighted by molar-refractivity contribution is 5.97. The van der Waals surface area contributed by atoms with Gasteiger partial charge in [0.2, 0.25) is 0 Å². The van der Waals surface area contributed by atoms with Gasteiger partial charge in [0.25, 0.3) is 5.91 Å². The molecule has 0 bridgehead atoms. The number of nitrogens with one attached hydrogen (secondary N) is 1. The van der Waals surface area contributed by atoms with Crippen molar-refractivity contribution < 1.29 is 19.4 Å². The van der Waals surface area contributed by atoms with Crippen molar-refractivity contribution in [1.29, 1.82) is 0 Å². The molecule has 3 aliphatic heterocycles. The van der Waals surface area contributed by atoms with Crippen molar-refractivity contribution in [2.75, 3.05) is 33.0 Å². The van der Waals surface area contributed by atoms with E-state index in [2.05, 4.69) is 9.97 Å². The predicted octanol–water partition coefficient (Wildman–Crippen LogP) is 1.50. The van der Waals surface area contributed by atoms with Crippen molar-refractivity contribution >= 4 is 16.9 Å². The maximum absolute atomic E-state index is 13.4. The van der Waals surface area contributed by atoms with Crippen LogP contribution in [0, 0.1) is 18.8 Å². The minimum absolute atomic E-state index is 0.00444. The molecule has 2 aromatic rings. The van der Waals surface area contributed by atoms with Gasteiger partial charge in [-0.2, -0.15) is 0 Å². The standard InChI is InChI=1S/C20H25N3O4/c1-12-21-16-3-2-13(8-17(16)22-12)19(24)23-9-14-10-27-7-5-20(14,25)15-11-26-6-4-18(15)23/h2-3,8,14-15,18,25H,4-7,9-11H2,1H3,(H,21,22)/t14-,15+,18-,20-/m0/s1. The molecule has 7 heteroatoms. The first-order valence-electron chi connectivity index (χ1n) is 9.71. The molecule has 2 N–H and O–H groups in total. The largest absolute Gasteiger partial charge is 0.389 e. The van der Waals surface area contributed by atoms with Crippen LogP contribution in [0.4, 0.5) is 0 Å². The lowest BCUT2D eigenvalue weighted by Crippen LogP contribution is -2.68. The lowest BCUT2D eigenvalue weighted by molar-refractivity contribution is -0.212. The van der Waals surface area contributed by atoms with Gasteiger partial charge in [0.15, 0.2) is 0 Å². The second-order valence-electron chi connectivity index (χ2n) is 8.06. The molecule has 4 heterocycles. The van der Waals surface area contributed by atoms with E-state index >= 15 is 0 Å². The molecule has 3 saturated heterocycles. The van der Waals surface area contributed by atoms with Crippen LogP contribution < -0.4 is 0 Å². The molecule has 1 aromatic heterocycles. The highest BCUT2D eigenvalue weighted by Crippen LogP contribution is 2.44. The van der Waals surface area contributed by atoms with Gasteiger partial charge in [-0.25, -0.2) is 4.98 Å². The Hall–Kier alpha value is -1.96. The summed E-state index contributed by atoms with van der Waals surface area (Å²) >= 11 is 0. The minimum Gasteiger partial charge on any atom is -0.389 e. The van der Waals surface area contributed by atoms with Gasteiger partial charge < -0.3 is 24.5 Å². The monoisotopic (exact) mass is 371 g/mol. The number of fused-ring (bicyclic) bond motifs is 4. The molecule has 27 heavy (non-hydrogen) atoms. The van der Waals surface area contributed by atoms with Crippen molar-refractivity contribution in [2.24, 2.45) is 11.8 Å². The van der Waals surface area contributed by atoms with Crippen molar-refractivity contribution in [3.63, 3.8) is 0 Å². The number of ether oxygens (including phenoxy) is 2. The van der Waals surface area contributed by atoms with Crippen LogP contribution in [0.1, 0.15) is 29.0 Å². The highest BCUT2D eigenvalue weighted by atomic mass is 16.5. The summed E-state index contributed by atoms with van der Waals surface area (Å²) < 4.78 is 11.3. The first-order valence-corrected chi connectivity index (χ1v) is 9.71. The van der Waals surface area contributed by atoms with Gasteiger partial charge in [-0.05, 0) is 31.5 Å². The highest BCUT2D eigenvalue weighted by Gasteiger charge is 2.56. The molecule has 144 valence electrons. The zero-order valence-corrected chi connectivity index (χ0v) is 15.5. The van der Waals surface area contributed by atoms with E-state index in [4.69, 9.17) is 9.47 Å². The Labute approximate surface area is 157 Å². The van der Waals surface area contributed by atoms with E-state index < -0.39 is 5.60 Å². The number of H-pyrrole nitrogens is 1. The molecule has 1 aromatic carbocycles. The van der Waals surface area contributed by atoms with E-state index in [9.17, 15) is 9.90 Å². The Balaban J connectivity index is 1.49. The number of likely N-dealkylation sites (tertiary alicyclic amines) is 1. The summed E-state index contributed by atoms with van der Waals surface area (Å²) in [5.41, 5.74) is 1.58. The number of carbonyl (C=O) groups excluding carboxylic acids is 1. The Kier molecular flexibility index (Phi) is 4.00. The zero-order valence-electron chi connectivity index (χ0n) is 15.5. The normalized spacial score (nSPS) is 33.6. The summed E-state index contributed by atoms with van der Waals surface area (Å²) in [7, 11) is 0. The zero-order chi connectivity index (χ0) is 18.6. The average molecular weight is 371 g/mol. The Morgan fingerprint density at radius 2 is 2.19 bits per heavy atom. The van der Waals surface area contributed by atoms with Crippen LogP contribution in [0.25, 0.3) is 11.0 Å². The molecule has 0 unspecified atom stereocenters. The van der Waals surface area contributed by atoms with Gasteiger partial charge in [0.05, 0.1) is 29.8 Å². The lowest BCUT2D eigenvalue weighted by atomic mass is 9.66. The summed E-state index contributed by atoms with van der Waals surface area (Å²) in [4.78, 5) is 23.0. The molecular weight excluding hydrogens is 346 g/mol. The summed E-state index contributed by atoms with van der Waals surface area (Å²) in [6.45, 7) is 4.61. The molecule has 1 amide bonds. The van der Waals surface area contributed by atoms with Crippen LogP contribution >= 0.6 is 0 Å². The van der Waals surface area contributed by atoms with E-state index in [1.54, 1.807) is 0 Å². The van der Waals surface area contributed by atoms with Gasteiger partial charge in [-0.3, -0.25) is 4.79 Å². The minimum atomic E-state index is -0.801. The Bertz CT molecular complexity index is 881. The number of benzene rings is 1. The number of aromatic nitrogens is 2. The van der Waals surface area contributed by atoms with Crippen LogP contribution in [-0.2, 0) is 9.47 Å². The van der Waals surface area contributed by atoms with Crippen LogP contribution in [-0.4, -0.2) is 70.5 Å². The van der Waals surface area contributed by atoms with Crippen LogP contribution in [0.2, 0.25) is 0 Å². The van der Waals surface area contributed by atoms with Crippen molar-refractivity contribution in [1.82, 2.24) is 14.9 Å². The molecule has 0 saturated carbocycles. The van der Waals surface area contributed by atoms with Crippen molar-refractivity contribution in [3.8, 4) is 0 Å². The molecule has 0 aliphatic carbocycles. The topological polar surface area (TPSA) is 87.7 Å². The van der Waals surface area contributed by atoms with Crippen LogP contribution in [0.15, 0.2) is 18.2 Å². The second kappa shape index (κ2) is 6.29. The van der Waals surface area contributed by atoms with Gasteiger partial charge in [0.1, 0.15) is 5.82 Å². The third-order valence-electron chi connectivity index (χ3n) is 6.56. The van der Waals surface area contributed by atoms with E-state index in [1.165, 1.54) is 0 Å². The number of aliphatic hydroxyl groups is 1. The SMILES string of the molecule is Cc1nc2ccc(C(=O)N3C[C@H]4COCC[C@@]4(O)[C@@H]4COCC[C@@H]43)cc2[nH]1. The number of carbonyl (C=O) groups is 1. The van der Waals surface area contributed by atoms with Crippen LogP contribution in [0.5, 0.6) is 0 Å². The van der Waals surface area contributed by atoms with Crippen LogP contribution in [0.3, 0.4) is 0 Å². The van der Waals surface area contributed by atoms with Gasteiger partial charge in [-0.1, -0.05) is 0 Å². The van der Waals surface area contributed by atoms with Gasteiger partial charge >= 0.3 is 0 Å². The molecule has 5 rings (SSSR count). The average Bonchev–Trinajstić information content (AvgIpc) is 3.06. The number of piperidine rings is 1. The fourth-order valence-corrected chi connectivity index (χ4v) is 5.13. The molecule has 7 nitrogen and oxygen atoms in total. The lowest BCUT2D eigenvalue weighted by Gasteiger charge is -2.57. The second-order valence-corrected chi connectivity index (χ2v) is 8.06. The number of nitrogens with zero attached hydrogens (tertiary/aromatic N) is 2. The fraction of sp³-hybridized carbons (Fsp3) is 0.600. The molecule has 3 fully saturated rings. The molecular formula is C20H25N3O4. The molecule has 0 spiro atoms. The third kappa shape index (κ3) is 2.68. The first kappa shape index (κ1) is 17.2. The Morgan fingerprint density at radius 3 is 3.07 bits per heavy atom. The third-order valence-corrected chi connectivity index (χ3v) is 6.56. The summed E-state index contributed by atoms with van der Waals surface area (Å²) in [5, 5.41) is 11.4. The predicted molar refractivity (Wildman–Crippen MR) is 98.5 cm³/mol. The summed E-state index contributed by atoms with van der Waals surface area (Å²) in [5.74, 6) is 0.711. The van der Waals surface area contributed by atoms with Gasteiger partial charge in [-0.15, -0.1) is 0 Å². The quantitative estimate of drug-likeness (QED) is 0.793. The smallest absolute Gasteiger partial charge is 0.254 e. The number of aromatic amines is 1. The molecule has 3 aliphatic rings. The molecule has 4 atom stereocenters. The summed E-state index contributed by atoms with van der Waals surface area (Å²) in [6.07, 6.45) is 1.38. The number of hydrogen-bond donors (Lipinski definition) is 2. The number of aryl methyl sites for hydroxylation is 1. The maximum Gasteiger partial charge on any atom is 0.254 e. The van der Waals surface area contributed by atoms with Crippen molar-refractivity contribution in [3.05, 3.63) is 29.6 Å². The Morgan fingerprint density at radius 1 is 1.33 bits per heavy atom. The number of hydrogen-bond acceptors (Lipinski definition) is 5. The van der Waals surface area contributed by atoms with Gasteiger partial charge in [0, 0.05) is 49.6 Å². The van der Waals surface area contributed by atoms with E-state index in [1.807, 2.05) is 30.0 Å².